The van der Waals surface area contributed by atoms with E-state index in [1.165, 1.54) is 83.5 Å². The van der Waals surface area contributed by atoms with Crippen molar-refractivity contribution in [3.63, 3.8) is 0 Å². The number of hydrogen-bond acceptors (Lipinski definition) is 3. The number of hydrogen-bond donors (Lipinski definition) is 0. The molecule has 0 saturated heterocycles. The molecule has 12 rings (SSSR count). The molecule has 9 unspecified atom stereocenters. The van der Waals surface area contributed by atoms with Gasteiger partial charge in [0.1, 0.15) is 17.2 Å². The molecule has 0 aliphatic rings. The minimum Gasteiger partial charge on any atom is -0.408 e. The molecule has 0 radical (unpaired) electrons. The minimum absolute atomic E-state index is 0.0286. The predicted molar refractivity (Wildman–Crippen MR) is 394 cm³/mol. The standard InChI is InChI=1S/C90H87O3P/c1-61(70-37-19-10-20-38-70)79-55-58-82(88(67(7)76-49-31-16-32-50-76)85(79)64(4)73-43-25-13-26-44-73)91-94(92-83-59-56-80(62(2)71-39-21-11-22-40-71)86(65(5)74-45-27-14-28-46-74)89(83)68(8)77-51-33-17-34-52-77)93-84-60-57-81(63(3)72-41-23-12-24-42-72)87(66(6)75-47-29-15-30-48-75)90(84)69(9)78-53-35-18-36-54-78/h10-69H,1-9H3. The maximum Gasteiger partial charge on any atom is 0.530 e. The van der Waals surface area contributed by atoms with Crippen molar-refractivity contribution in [3.05, 3.63) is 410 Å². The van der Waals surface area contributed by atoms with E-state index in [9.17, 15) is 0 Å². The highest BCUT2D eigenvalue weighted by Gasteiger charge is 2.36. The van der Waals surface area contributed by atoms with Crippen LogP contribution in [0.25, 0.3) is 0 Å². The molecule has 0 aromatic heterocycles. The molecule has 0 N–H and O–H groups in total. The van der Waals surface area contributed by atoms with Gasteiger partial charge in [0.05, 0.1) is 0 Å². The van der Waals surface area contributed by atoms with Gasteiger partial charge in [0.2, 0.25) is 0 Å². The molecule has 9 atom stereocenters. The van der Waals surface area contributed by atoms with E-state index < -0.39 is 8.60 Å². The Labute approximate surface area is 561 Å². The van der Waals surface area contributed by atoms with Gasteiger partial charge < -0.3 is 13.6 Å². The highest BCUT2D eigenvalue weighted by atomic mass is 31.2. The summed E-state index contributed by atoms with van der Waals surface area (Å²) in [5, 5.41) is 0. The van der Waals surface area contributed by atoms with Crippen molar-refractivity contribution in [3.8, 4) is 17.2 Å². The molecule has 12 aromatic rings. The van der Waals surface area contributed by atoms with Gasteiger partial charge in [-0.2, -0.15) is 0 Å². The van der Waals surface area contributed by atoms with Crippen LogP contribution in [0.2, 0.25) is 0 Å². The van der Waals surface area contributed by atoms with Gasteiger partial charge in [0.25, 0.3) is 0 Å². The van der Waals surface area contributed by atoms with E-state index in [0.29, 0.717) is 0 Å². The zero-order valence-electron chi connectivity index (χ0n) is 55.8. The third-order valence-corrected chi connectivity index (χ3v) is 21.1. The van der Waals surface area contributed by atoms with E-state index in [2.05, 4.69) is 372 Å². The van der Waals surface area contributed by atoms with Crippen molar-refractivity contribution >= 4 is 8.60 Å². The van der Waals surface area contributed by atoms with Crippen LogP contribution in [-0.4, -0.2) is 0 Å². The van der Waals surface area contributed by atoms with Crippen LogP contribution in [0.5, 0.6) is 17.2 Å². The smallest absolute Gasteiger partial charge is 0.408 e. The Bertz CT molecular complexity index is 3910. The largest absolute Gasteiger partial charge is 0.530 e. The van der Waals surface area contributed by atoms with Gasteiger partial charge in [-0.25, -0.2) is 0 Å². The summed E-state index contributed by atoms with van der Waals surface area (Å²) in [6.45, 7) is 21.2. The molecule has 3 nitrogen and oxygen atoms in total. The molecule has 0 heterocycles. The first-order valence-electron chi connectivity index (χ1n) is 33.7. The van der Waals surface area contributed by atoms with Gasteiger partial charge in [-0.3, -0.25) is 0 Å². The van der Waals surface area contributed by atoms with Crippen LogP contribution >= 0.6 is 8.60 Å². The summed E-state index contributed by atoms with van der Waals surface area (Å²) in [5.74, 6) is 1.89. The molecule has 0 fully saturated rings. The molecule has 0 bridgehead atoms. The van der Waals surface area contributed by atoms with Gasteiger partial charge in [0.15, 0.2) is 0 Å². The van der Waals surface area contributed by atoms with Gasteiger partial charge in [0, 0.05) is 70.0 Å². The van der Waals surface area contributed by atoms with E-state index in [4.69, 9.17) is 13.6 Å². The first-order valence-corrected chi connectivity index (χ1v) is 34.8. The summed E-state index contributed by atoms with van der Waals surface area (Å²) in [6, 6.07) is 112. The first kappa shape index (κ1) is 64.6. The van der Waals surface area contributed by atoms with E-state index in [0.717, 1.165) is 33.9 Å². The van der Waals surface area contributed by atoms with E-state index in [-0.39, 0.29) is 53.3 Å². The van der Waals surface area contributed by atoms with Gasteiger partial charge >= 0.3 is 8.60 Å². The molecular weight excluding hydrogens is 1160 g/mol. The molecule has 0 aliphatic heterocycles. The molecule has 94 heavy (non-hydrogen) atoms. The second-order valence-corrected chi connectivity index (χ2v) is 26.6. The quantitative estimate of drug-likeness (QED) is 0.0564. The Morgan fingerprint density at radius 2 is 0.319 bits per heavy atom. The average Bonchev–Trinajstić information content (AvgIpc) is 0.776. The first-order chi connectivity index (χ1) is 45.9. The topological polar surface area (TPSA) is 27.7 Å². The van der Waals surface area contributed by atoms with Gasteiger partial charge in [-0.15, -0.1) is 0 Å². The monoisotopic (exact) mass is 1250 g/mol. The number of rotatable bonds is 24. The zero-order chi connectivity index (χ0) is 65.1. The maximum atomic E-state index is 8.03. The third kappa shape index (κ3) is 14.0. The van der Waals surface area contributed by atoms with Crippen molar-refractivity contribution in [1.29, 1.82) is 0 Å². The van der Waals surface area contributed by atoms with Crippen LogP contribution in [0.4, 0.5) is 0 Å². The summed E-state index contributed by atoms with van der Waals surface area (Å²) in [4.78, 5) is 0. The Morgan fingerprint density at radius 3 is 0.489 bits per heavy atom. The van der Waals surface area contributed by atoms with E-state index in [1.807, 2.05) is 0 Å². The fourth-order valence-electron chi connectivity index (χ4n) is 14.6. The average molecular weight is 1250 g/mol. The van der Waals surface area contributed by atoms with Crippen LogP contribution < -0.4 is 13.6 Å². The predicted octanol–water partition coefficient (Wildman–Crippen LogP) is 24.8. The van der Waals surface area contributed by atoms with Crippen LogP contribution in [0, 0.1) is 0 Å². The lowest BCUT2D eigenvalue weighted by molar-refractivity contribution is 0.380. The molecule has 12 aromatic carbocycles. The van der Waals surface area contributed by atoms with Gasteiger partial charge in [-0.05, 0) is 102 Å². The highest BCUT2D eigenvalue weighted by Crippen LogP contribution is 2.55. The highest BCUT2D eigenvalue weighted by molar-refractivity contribution is 7.43. The van der Waals surface area contributed by atoms with Crippen molar-refractivity contribution < 1.29 is 13.6 Å². The molecule has 0 saturated carbocycles. The maximum absolute atomic E-state index is 8.03. The molecule has 0 amide bonds. The molecule has 0 spiro atoms. The Hall–Kier alpha value is -9.53. The SMILES string of the molecule is CC(c1ccccc1)c1ccc(OP(Oc2ccc(C(C)c3ccccc3)c(C(C)c3ccccc3)c2C(C)c2ccccc2)Oc2ccc(C(C)c3ccccc3)c(C(C)c3ccccc3)c2C(C)c2ccccc2)c(C(C)c2ccccc2)c1C(C)c1ccccc1. The summed E-state index contributed by atoms with van der Waals surface area (Å²) in [6.07, 6.45) is 0. The normalized spacial score (nSPS) is 14.6. The van der Waals surface area contributed by atoms with Crippen LogP contribution in [0.1, 0.15) is 216 Å². The van der Waals surface area contributed by atoms with Crippen molar-refractivity contribution in [2.24, 2.45) is 0 Å². The zero-order valence-corrected chi connectivity index (χ0v) is 56.7. The van der Waals surface area contributed by atoms with Crippen molar-refractivity contribution in [1.82, 2.24) is 0 Å². The van der Waals surface area contributed by atoms with Gasteiger partial charge in [-0.1, -0.05) is 353 Å². The Morgan fingerprint density at radius 1 is 0.170 bits per heavy atom. The lowest BCUT2D eigenvalue weighted by Gasteiger charge is -2.33. The lowest BCUT2D eigenvalue weighted by Crippen LogP contribution is -2.16. The summed E-state index contributed by atoms with van der Waals surface area (Å²) >= 11 is 0. The van der Waals surface area contributed by atoms with E-state index >= 15 is 0 Å². The Kier molecular flexibility index (Phi) is 20.6. The molecule has 470 valence electrons. The Balaban J connectivity index is 1.15. The second kappa shape index (κ2) is 30.0. The minimum atomic E-state index is -2.38. The number of benzene rings is 12. The van der Waals surface area contributed by atoms with E-state index in [1.54, 1.807) is 0 Å². The van der Waals surface area contributed by atoms with Crippen LogP contribution in [-0.2, 0) is 0 Å². The van der Waals surface area contributed by atoms with Crippen molar-refractivity contribution in [2.45, 2.75) is 116 Å². The fourth-order valence-corrected chi connectivity index (χ4v) is 15.6. The fraction of sp³-hybridized carbons (Fsp3) is 0.200. The summed E-state index contributed by atoms with van der Waals surface area (Å²) < 4.78 is 24.1. The second-order valence-electron chi connectivity index (χ2n) is 25.6. The van der Waals surface area contributed by atoms with Crippen molar-refractivity contribution in [2.75, 3.05) is 0 Å². The molecule has 0 aliphatic carbocycles. The third-order valence-electron chi connectivity index (χ3n) is 20.1. The summed E-state index contributed by atoms with van der Waals surface area (Å²) in [7, 11) is -2.38. The molecular formula is C90H87O3P. The van der Waals surface area contributed by atoms with Crippen LogP contribution in [0.3, 0.4) is 0 Å². The summed E-state index contributed by atoms with van der Waals surface area (Å²) in [5.41, 5.74) is 21.8. The van der Waals surface area contributed by atoms with Crippen LogP contribution in [0.15, 0.2) is 309 Å². The lowest BCUT2D eigenvalue weighted by atomic mass is 9.76. The molecule has 4 heteroatoms.